The summed E-state index contributed by atoms with van der Waals surface area (Å²) in [4.78, 5) is 0. The first-order valence-corrected chi connectivity index (χ1v) is 5.89. The van der Waals surface area contributed by atoms with Crippen LogP contribution in [-0.4, -0.2) is 25.7 Å². The monoisotopic (exact) mass is 182 g/mol. The molecular formula is C11H22N2. The van der Waals surface area contributed by atoms with Crippen molar-refractivity contribution in [1.29, 1.82) is 0 Å². The Morgan fingerprint density at radius 2 is 1.77 bits per heavy atom. The van der Waals surface area contributed by atoms with Gasteiger partial charge in [0, 0.05) is 19.1 Å². The highest BCUT2D eigenvalue weighted by Gasteiger charge is 2.20. The summed E-state index contributed by atoms with van der Waals surface area (Å²) < 4.78 is 0. The average Bonchev–Trinajstić information content (AvgIpc) is 2.99. The van der Waals surface area contributed by atoms with Crippen LogP contribution in [0.4, 0.5) is 0 Å². The zero-order chi connectivity index (χ0) is 8.93. The molecule has 0 aromatic rings. The molecule has 2 heteroatoms. The molecule has 0 bridgehead atoms. The van der Waals surface area contributed by atoms with E-state index >= 15 is 0 Å². The first-order valence-electron chi connectivity index (χ1n) is 5.89. The first kappa shape index (κ1) is 9.47. The van der Waals surface area contributed by atoms with Crippen LogP contribution in [0.25, 0.3) is 0 Å². The highest BCUT2D eigenvalue weighted by atomic mass is 15.0. The van der Waals surface area contributed by atoms with E-state index in [1.165, 1.54) is 45.1 Å². The molecule has 2 aliphatic rings. The smallest absolute Gasteiger partial charge is 0.00793 e. The summed E-state index contributed by atoms with van der Waals surface area (Å²) in [5.74, 6) is 1.10. The van der Waals surface area contributed by atoms with Crippen LogP contribution in [0.5, 0.6) is 0 Å². The fourth-order valence-electron chi connectivity index (χ4n) is 1.70. The van der Waals surface area contributed by atoms with Crippen LogP contribution in [0.1, 0.15) is 38.5 Å². The maximum absolute atomic E-state index is 3.51. The highest BCUT2D eigenvalue weighted by molar-refractivity contribution is 4.80. The summed E-state index contributed by atoms with van der Waals surface area (Å²) in [6, 6.07) is 0.869. The van der Waals surface area contributed by atoms with E-state index in [2.05, 4.69) is 10.6 Å². The maximum Gasteiger partial charge on any atom is 0.00793 e. The Balaban J connectivity index is 1.28. The zero-order valence-electron chi connectivity index (χ0n) is 8.52. The van der Waals surface area contributed by atoms with Gasteiger partial charge in [0.1, 0.15) is 0 Å². The van der Waals surface area contributed by atoms with Crippen molar-refractivity contribution in [2.45, 2.75) is 44.6 Å². The van der Waals surface area contributed by atoms with E-state index < -0.39 is 0 Å². The van der Waals surface area contributed by atoms with Crippen LogP contribution in [-0.2, 0) is 0 Å². The van der Waals surface area contributed by atoms with Gasteiger partial charge in [-0.2, -0.15) is 0 Å². The van der Waals surface area contributed by atoms with Crippen molar-refractivity contribution in [2.24, 2.45) is 5.92 Å². The molecular weight excluding hydrogens is 160 g/mol. The molecule has 76 valence electrons. The Morgan fingerprint density at radius 1 is 0.923 bits per heavy atom. The summed E-state index contributed by atoms with van der Waals surface area (Å²) in [5.41, 5.74) is 0. The molecule has 0 heterocycles. The summed E-state index contributed by atoms with van der Waals surface area (Å²) in [5, 5.41) is 7.00. The van der Waals surface area contributed by atoms with Gasteiger partial charge in [0.05, 0.1) is 0 Å². The molecule has 0 aliphatic heterocycles. The quantitative estimate of drug-likeness (QED) is 0.556. The van der Waals surface area contributed by atoms with Crippen molar-refractivity contribution in [3.8, 4) is 0 Å². The zero-order valence-corrected chi connectivity index (χ0v) is 8.52. The largest absolute Gasteiger partial charge is 0.315 e. The third kappa shape index (κ3) is 4.63. The van der Waals surface area contributed by atoms with Crippen LogP contribution < -0.4 is 10.6 Å². The SMILES string of the molecule is C(CNCCNC1CC1)CC1CC1. The lowest BCUT2D eigenvalue weighted by Crippen LogP contribution is -2.29. The van der Waals surface area contributed by atoms with Crippen molar-refractivity contribution in [2.75, 3.05) is 19.6 Å². The molecule has 0 amide bonds. The van der Waals surface area contributed by atoms with Crippen LogP contribution in [0.15, 0.2) is 0 Å². The Hall–Kier alpha value is -0.0800. The van der Waals surface area contributed by atoms with E-state index in [-0.39, 0.29) is 0 Å². The van der Waals surface area contributed by atoms with E-state index in [1.807, 2.05) is 0 Å². The number of hydrogen-bond acceptors (Lipinski definition) is 2. The first-order chi connectivity index (χ1) is 6.45. The molecule has 2 aliphatic carbocycles. The van der Waals surface area contributed by atoms with Gasteiger partial charge in [-0.25, -0.2) is 0 Å². The molecule has 0 unspecified atom stereocenters. The molecule has 0 spiro atoms. The van der Waals surface area contributed by atoms with Crippen LogP contribution in [0, 0.1) is 5.92 Å². The summed E-state index contributed by atoms with van der Waals surface area (Å²) in [6.45, 7) is 3.54. The number of rotatable bonds is 8. The van der Waals surface area contributed by atoms with Crippen LogP contribution >= 0.6 is 0 Å². The van der Waals surface area contributed by atoms with Gasteiger partial charge >= 0.3 is 0 Å². The fraction of sp³-hybridized carbons (Fsp3) is 1.00. The van der Waals surface area contributed by atoms with Gasteiger partial charge in [0.2, 0.25) is 0 Å². The second-order valence-corrected chi connectivity index (χ2v) is 4.56. The second-order valence-electron chi connectivity index (χ2n) is 4.56. The Kier molecular flexibility index (Phi) is 3.62. The summed E-state index contributed by atoms with van der Waals surface area (Å²) in [7, 11) is 0. The van der Waals surface area contributed by atoms with Gasteiger partial charge in [0.25, 0.3) is 0 Å². The second kappa shape index (κ2) is 4.97. The van der Waals surface area contributed by atoms with E-state index in [4.69, 9.17) is 0 Å². The Bertz CT molecular complexity index is 123. The predicted molar refractivity (Wildman–Crippen MR) is 55.9 cm³/mol. The minimum absolute atomic E-state index is 0.869. The molecule has 13 heavy (non-hydrogen) atoms. The molecule has 2 nitrogen and oxygen atoms in total. The van der Waals surface area contributed by atoms with Crippen molar-refractivity contribution in [3.63, 3.8) is 0 Å². The molecule has 2 rings (SSSR count). The van der Waals surface area contributed by atoms with Crippen LogP contribution in [0.3, 0.4) is 0 Å². The lowest BCUT2D eigenvalue weighted by atomic mass is 10.2. The van der Waals surface area contributed by atoms with E-state index in [0.29, 0.717) is 0 Å². The lowest BCUT2D eigenvalue weighted by molar-refractivity contribution is 0.568. The highest BCUT2D eigenvalue weighted by Crippen LogP contribution is 2.33. The lowest BCUT2D eigenvalue weighted by Gasteiger charge is -2.04. The summed E-state index contributed by atoms with van der Waals surface area (Å²) >= 11 is 0. The van der Waals surface area contributed by atoms with Gasteiger partial charge in [0.15, 0.2) is 0 Å². The summed E-state index contributed by atoms with van der Waals surface area (Å²) in [6.07, 6.45) is 8.66. The fourth-order valence-corrected chi connectivity index (χ4v) is 1.70. The standard InChI is InChI=1S/C11H22N2/c1(2-10-3-4-10)7-12-8-9-13-11-5-6-11/h10-13H,1-9H2. The molecule has 0 aromatic carbocycles. The van der Waals surface area contributed by atoms with Crippen molar-refractivity contribution < 1.29 is 0 Å². The molecule has 2 fully saturated rings. The number of hydrogen-bond donors (Lipinski definition) is 2. The van der Waals surface area contributed by atoms with E-state index in [1.54, 1.807) is 0 Å². The molecule has 0 saturated heterocycles. The molecule has 0 atom stereocenters. The Labute approximate surface area is 81.5 Å². The van der Waals surface area contributed by atoms with E-state index in [0.717, 1.165) is 25.0 Å². The molecule has 0 radical (unpaired) electrons. The van der Waals surface area contributed by atoms with Crippen molar-refractivity contribution in [3.05, 3.63) is 0 Å². The molecule has 2 N–H and O–H groups in total. The van der Waals surface area contributed by atoms with E-state index in [9.17, 15) is 0 Å². The van der Waals surface area contributed by atoms with Crippen LogP contribution in [0.2, 0.25) is 0 Å². The third-order valence-corrected chi connectivity index (χ3v) is 2.97. The maximum atomic E-state index is 3.51. The minimum Gasteiger partial charge on any atom is -0.315 e. The topological polar surface area (TPSA) is 24.1 Å². The predicted octanol–water partition coefficient (Wildman–Crippen LogP) is 1.52. The third-order valence-electron chi connectivity index (χ3n) is 2.97. The van der Waals surface area contributed by atoms with Gasteiger partial charge < -0.3 is 10.6 Å². The normalized spacial score (nSPS) is 22.2. The van der Waals surface area contributed by atoms with Gasteiger partial charge in [-0.05, 0) is 38.1 Å². The number of nitrogens with one attached hydrogen (secondary N) is 2. The minimum atomic E-state index is 0.869. The van der Waals surface area contributed by atoms with Gasteiger partial charge in [-0.1, -0.05) is 12.8 Å². The molecule has 0 aromatic heterocycles. The average molecular weight is 182 g/mol. The van der Waals surface area contributed by atoms with Crippen molar-refractivity contribution >= 4 is 0 Å². The Morgan fingerprint density at radius 3 is 2.46 bits per heavy atom. The molecule has 2 saturated carbocycles. The van der Waals surface area contributed by atoms with Gasteiger partial charge in [-0.3, -0.25) is 0 Å². The van der Waals surface area contributed by atoms with Crippen molar-refractivity contribution in [1.82, 2.24) is 10.6 Å². The van der Waals surface area contributed by atoms with Gasteiger partial charge in [-0.15, -0.1) is 0 Å².